The molecule has 10 heteroatoms. The van der Waals surface area contributed by atoms with Gasteiger partial charge in [-0.25, -0.2) is 0 Å². The summed E-state index contributed by atoms with van der Waals surface area (Å²) in [4.78, 5) is 11.5. The first kappa shape index (κ1) is 18.1. The van der Waals surface area contributed by atoms with Crippen molar-refractivity contribution >= 4 is 29.0 Å². The summed E-state index contributed by atoms with van der Waals surface area (Å²) in [6.45, 7) is -1.40. The van der Waals surface area contributed by atoms with E-state index in [2.05, 4.69) is 4.74 Å². The van der Waals surface area contributed by atoms with Crippen molar-refractivity contribution in [3.63, 3.8) is 0 Å². The smallest absolute Gasteiger partial charge is 0.353 e. The monoisotopic (exact) mass is 354 g/mol. The molecule has 21 heavy (non-hydrogen) atoms. The molecule has 0 aliphatic rings. The Morgan fingerprint density at radius 1 is 1.05 bits per heavy atom. The zero-order chi connectivity index (χ0) is 16.4. The van der Waals surface area contributed by atoms with Crippen molar-refractivity contribution in [2.24, 2.45) is 0 Å². The van der Waals surface area contributed by atoms with Crippen LogP contribution in [0, 0.1) is 0 Å². The van der Waals surface area contributed by atoms with Crippen LogP contribution in [0.15, 0.2) is 18.2 Å². The SMILES string of the molecule is O=C(COC(C(F)(F)F)C(F)(F)F)c1ccc(Cl)c(Cl)c1. The number of carbonyl (C=O) groups is 1. The molecule has 0 N–H and O–H groups in total. The van der Waals surface area contributed by atoms with Crippen LogP contribution >= 0.6 is 23.2 Å². The number of ketones is 1. The third-order valence-corrected chi connectivity index (χ3v) is 2.96. The highest BCUT2D eigenvalue weighted by Crippen LogP contribution is 2.35. The molecule has 0 saturated carbocycles. The molecule has 0 heterocycles. The minimum atomic E-state index is -5.67. The number of alkyl halides is 6. The molecule has 0 unspecified atom stereocenters. The molecular formula is C11H6Cl2F6O2. The van der Waals surface area contributed by atoms with Crippen molar-refractivity contribution < 1.29 is 35.9 Å². The van der Waals surface area contributed by atoms with Gasteiger partial charge in [-0.2, -0.15) is 26.3 Å². The average molecular weight is 355 g/mol. The summed E-state index contributed by atoms with van der Waals surface area (Å²) in [5, 5.41) is 0.0169. The van der Waals surface area contributed by atoms with Crippen molar-refractivity contribution in [3.05, 3.63) is 33.8 Å². The molecule has 0 fully saturated rings. The van der Waals surface area contributed by atoms with E-state index in [9.17, 15) is 31.1 Å². The lowest BCUT2D eigenvalue weighted by atomic mass is 10.1. The largest absolute Gasteiger partial charge is 0.423 e. The van der Waals surface area contributed by atoms with Gasteiger partial charge in [-0.1, -0.05) is 23.2 Å². The van der Waals surface area contributed by atoms with Crippen molar-refractivity contribution in [1.29, 1.82) is 0 Å². The van der Waals surface area contributed by atoms with Crippen molar-refractivity contribution in [2.75, 3.05) is 6.61 Å². The molecule has 0 spiro atoms. The van der Waals surface area contributed by atoms with Gasteiger partial charge in [0.25, 0.3) is 0 Å². The molecule has 1 aromatic carbocycles. The molecular weight excluding hydrogens is 349 g/mol. The van der Waals surface area contributed by atoms with E-state index in [1.165, 1.54) is 6.07 Å². The highest BCUT2D eigenvalue weighted by Gasteiger charge is 2.58. The van der Waals surface area contributed by atoms with E-state index in [4.69, 9.17) is 23.2 Å². The van der Waals surface area contributed by atoms with Gasteiger partial charge in [-0.3, -0.25) is 4.79 Å². The molecule has 118 valence electrons. The second kappa shape index (κ2) is 6.41. The normalized spacial score (nSPS) is 12.8. The van der Waals surface area contributed by atoms with E-state index in [-0.39, 0.29) is 15.6 Å². The number of rotatable bonds is 4. The minimum absolute atomic E-state index is 0.0642. The molecule has 0 amide bonds. The summed E-state index contributed by atoms with van der Waals surface area (Å²) < 4.78 is 76.8. The fourth-order valence-corrected chi connectivity index (χ4v) is 1.58. The van der Waals surface area contributed by atoms with Crippen LogP contribution in [0.4, 0.5) is 26.3 Å². The summed E-state index contributed by atoms with van der Waals surface area (Å²) in [6.07, 6.45) is -15.4. The first-order chi connectivity index (χ1) is 9.43. The van der Waals surface area contributed by atoms with Crippen LogP contribution < -0.4 is 0 Å². The Morgan fingerprint density at radius 2 is 1.57 bits per heavy atom. The van der Waals surface area contributed by atoms with Gasteiger partial charge in [0.15, 0.2) is 5.78 Å². The van der Waals surface area contributed by atoms with Crippen LogP contribution in [0.2, 0.25) is 10.0 Å². The fourth-order valence-electron chi connectivity index (χ4n) is 1.29. The van der Waals surface area contributed by atoms with Crippen LogP contribution in [-0.2, 0) is 4.74 Å². The molecule has 0 bridgehead atoms. The lowest BCUT2D eigenvalue weighted by Crippen LogP contribution is -2.45. The molecule has 1 rings (SSSR count). The van der Waals surface area contributed by atoms with Gasteiger partial charge in [-0.15, -0.1) is 0 Å². The summed E-state index contributed by atoms with van der Waals surface area (Å²) in [7, 11) is 0. The van der Waals surface area contributed by atoms with Crippen molar-refractivity contribution in [3.8, 4) is 0 Å². The van der Waals surface area contributed by atoms with Gasteiger partial charge in [0.05, 0.1) is 10.0 Å². The topological polar surface area (TPSA) is 26.3 Å². The first-order valence-electron chi connectivity index (χ1n) is 5.16. The van der Waals surface area contributed by atoms with Gasteiger partial charge in [0.2, 0.25) is 6.10 Å². The summed E-state index contributed by atoms with van der Waals surface area (Å²) >= 11 is 11.1. The Labute approximate surface area is 124 Å². The lowest BCUT2D eigenvalue weighted by Gasteiger charge is -2.22. The third kappa shape index (κ3) is 5.05. The number of ether oxygens (including phenoxy) is 1. The Morgan fingerprint density at radius 3 is 2.00 bits per heavy atom. The number of halogens is 8. The van der Waals surface area contributed by atoms with Gasteiger partial charge in [0.1, 0.15) is 6.61 Å². The molecule has 0 aliphatic heterocycles. The number of hydrogen-bond donors (Lipinski definition) is 0. The summed E-state index contributed by atoms with van der Waals surface area (Å²) in [6, 6.07) is 3.31. The summed E-state index contributed by atoms with van der Waals surface area (Å²) in [5.41, 5.74) is -0.215. The second-order valence-corrected chi connectivity index (χ2v) is 4.64. The lowest BCUT2D eigenvalue weighted by molar-refractivity contribution is -0.318. The van der Waals surface area contributed by atoms with Gasteiger partial charge < -0.3 is 4.74 Å². The predicted octanol–water partition coefficient (Wildman–Crippen LogP) is 4.69. The van der Waals surface area contributed by atoms with Gasteiger partial charge in [-0.05, 0) is 18.2 Å². The number of benzene rings is 1. The van der Waals surface area contributed by atoms with Crippen LogP contribution in [-0.4, -0.2) is 30.8 Å². The molecule has 0 saturated heterocycles. The number of Topliss-reactive ketones (excluding diaryl/α,β-unsaturated/α-hetero) is 1. The van der Waals surface area contributed by atoms with Crippen molar-refractivity contribution in [2.45, 2.75) is 18.5 Å². The maximum atomic E-state index is 12.2. The Kier molecular flexibility index (Phi) is 5.51. The maximum absolute atomic E-state index is 12.2. The van der Waals surface area contributed by atoms with Gasteiger partial charge >= 0.3 is 12.4 Å². The van der Waals surface area contributed by atoms with E-state index in [1.54, 1.807) is 0 Å². The zero-order valence-electron chi connectivity index (χ0n) is 9.86. The fraction of sp³-hybridized carbons (Fsp3) is 0.364. The molecule has 0 aliphatic carbocycles. The Bertz CT molecular complexity index is 512. The van der Waals surface area contributed by atoms with E-state index >= 15 is 0 Å². The Balaban J connectivity index is 2.81. The van der Waals surface area contributed by atoms with E-state index in [0.717, 1.165) is 12.1 Å². The van der Waals surface area contributed by atoms with Crippen LogP contribution in [0.5, 0.6) is 0 Å². The molecule has 0 aromatic heterocycles. The minimum Gasteiger partial charge on any atom is -0.353 e. The number of hydrogen-bond acceptors (Lipinski definition) is 2. The average Bonchev–Trinajstić information content (AvgIpc) is 2.29. The first-order valence-corrected chi connectivity index (χ1v) is 5.92. The predicted molar refractivity (Wildman–Crippen MR) is 62.6 cm³/mol. The third-order valence-electron chi connectivity index (χ3n) is 2.22. The standard InChI is InChI=1S/C11H6Cl2F6O2/c12-6-2-1-5(3-7(6)13)8(20)4-21-9(10(14,15)16)11(17,18)19/h1-3,9H,4H2. The van der Waals surface area contributed by atoms with Gasteiger partial charge in [0, 0.05) is 5.56 Å². The van der Waals surface area contributed by atoms with E-state index in [1.807, 2.05) is 0 Å². The zero-order valence-corrected chi connectivity index (χ0v) is 11.4. The van der Waals surface area contributed by atoms with Crippen LogP contribution in [0.3, 0.4) is 0 Å². The highest BCUT2D eigenvalue weighted by molar-refractivity contribution is 6.42. The second-order valence-electron chi connectivity index (χ2n) is 3.83. The number of carbonyl (C=O) groups excluding carboxylic acids is 1. The maximum Gasteiger partial charge on any atom is 0.423 e. The van der Waals surface area contributed by atoms with E-state index in [0.29, 0.717) is 0 Å². The van der Waals surface area contributed by atoms with Crippen molar-refractivity contribution in [1.82, 2.24) is 0 Å². The van der Waals surface area contributed by atoms with Crippen LogP contribution in [0.25, 0.3) is 0 Å². The molecule has 0 radical (unpaired) electrons. The quantitative estimate of drug-likeness (QED) is 0.579. The van der Waals surface area contributed by atoms with E-state index < -0.39 is 30.8 Å². The van der Waals surface area contributed by atoms with Crippen LogP contribution in [0.1, 0.15) is 10.4 Å². The Hall–Kier alpha value is -0.990. The highest BCUT2D eigenvalue weighted by atomic mass is 35.5. The molecule has 2 nitrogen and oxygen atoms in total. The summed E-state index contributed by atoms with van der Waals surface area (Å²) in [5.74, 6) is -1.09. The molecule has 1 aromatic rings. The molecule has 0 atom stereocenters.